The van der Waals surface area contributed by atoms with E-state index in [9.17, 15) is 0 Å². The molecule has 0 aromatic carbocycles. The lowest BCUT2D eigenvalue weighted by molar-refractivity contribution is 0.184. The minimum atomic E-state index is -0.240. The van der Waals surface area contributed by atoms with Gasteiger partial charge in [0.1, 0.15) is 0 Å². The largest absolute Gasteiger partial charge is 0.393 e. The Bertz CT molecular complexity index is 104. The van der Waals surface area contributed by atoms with E-state index in [2.05, 4.69) is 11.9 Å². The molecule has 0 rings (SSSR count). The van der Waals surface area contributed by atoms with Crippen molar-refractivity contribution in [2.75, 3.05) is 13.1 Å². The molecule has 0 amide bonds. The van der Waals surface area contributed by atoms with E-state index in [0.29, 0.717) is 11.6 Å². The number of halogens is 1. The first-order chi connectivity index (χ1) is 4.63. The second-order valence-electron chi connectivity index (χ2n) is 2.33. The molecular formula is C7H14ClNO. The molecule has 0 heterocycles. The standard InChI is InChI=1S/C7H14ClNO/c1-6(8)5-9-4-3-7(2)10/h7,9-10H,1,3-5H2,2H3. The Kier molecular flexibility index (Phi) is 5.69. The molecule has 0 aliphatic heterocycles. The quantitative estimate of drug-likeness (QED) is 0.595. The highest BCUT2D eigenvalue weighted by Crippen LogP contribution is 1.92. The molecule has 10 heavy (non-hydrogen) atoms. The van der Waals surface area contributed by atoms with Crippen LogP contribution in [0.2, 0.25) is 0 Å². The summed E-state index contributed by atoms with van der Waals surface area (Å²) in [5.74, 6) is 0. The molecule has 0 aliphatic rings. The van der Waals surface area contributed by atoms with E-state index in [1.165, 1.54) is 0 Å². The first-order valence-electron chi connectivity index (χ1n) is 3.35. The Morgan fingerprint density at radius 2 is 2.40 bits per heavy atom. The van der Waals surface area contributed by atoms with E-state index in [0.717, 1.165) is 13.0 Å². The highest BCUT2D eigenvalue weighted by atomic mass is 35.5. The van der Waals surface area contributed by atoms with Crippen molar-refractivity contribution in [1.29, 1.82) is 0 Å². The van der Waals surface area contributed by atoms with Crippen molar-refractivity contribution < 1.29 is 5.11 Å². The van der Waals surface area contributed by atoms with Gasteiger partial charge in [0.15, 0.2) is 0 Å². The second-order valence-corrected chi connectivity index (χ2v) is 2.87. The molecule has 0 aromatic rings. The maximum atomic E-state index is 8.82. The van der Waals surface area contributed by atoms with E-state index in [1.807, 2.05) is 0 Å². The monoisotopic (exact) mass is 163 g/mol. The van der Waals surface area contributed by atoms with E-state index < -0.39 is 0 Å². The Balaban J connectivity index is 2.98. The summed E-state index contributed by atoms with van der Waals surface area (Å²) in [6, 6.07) is 0. The van der Waals surface area contributed by atoms with Gasteiger partial charge in [-0.2, -0.15) is 0 Å². The minimum absolute atomic E-state index is 0.240. The fourth-order valence-corrected chi connectivity index (χ4v) is 0.629. The van der Waals surface area contributed by atoms with Crippen molar-refractivity contribution >= 4 is 11.6 Å². The minimum Gasteiger partial charge on any atom is -0.393 e. The van der Waals surface area contributed by atoms with Crippen molar-refractivity contribution in [2.45, 2.75) is 19.4 Å². The van der Waals surface area contributed by atoms with Gasteiger partial charge >= 0.3 is 0 Å². The molecule has 3 heteroatoms. The van der Waals surface area contributed by atoms with Crippen LogP contribution >= 0.6 is 11.6 Å². The summed E-state index contributed by atoms with van der Waals surface area (Å²) in [6.07, 6.45) is 0.514. The maximum Gasteiger partial charge on any atom is 0.0524 e. The smallest absolute Gasteiger partial charge is 0.0524 e. The van der Waals surface area contributed by atoms with Crippen LogP contribution in [0, 0.1) is 0 Å². The number of rotatable bonds is 5. The third kappa shape index (κ3) is 7.95. The fourth-order valence-electron chi connectivity index (χ4n) is 0.535. The molecule has 0 saturated heterocycles. The van der Waals surface area contributed by atoms with Crippen LogP contribution in [0.25, 0.3) is 0 Å². The summed E-state index contributed by atoms with van der Waals surface area (Å²) >= 11 is 5.47. The zero-order valence-corrected chi connectivity index (χ0v) is 6.99. The third-order valence-corrected chi connectivity index (χ3v) is 1.19. The predicted molar refractivity (Wildman–Crippen MR) is 44.2 cm³/mol. The van der Waals surface area contributed by atoms with Crippen LogP contribution < -0.4 is 5.32 Å². The molecule has 2 nitrogen and oxygen atoms in total. The molecule has 1 unspecified atom stereocenters. The molecule has 0 aromatic heterocycles. The van der Waals surface area contributed by atoms with Gasteiger partial charge in [0.25, 0.3) is 0 Å². The van der Waals surface area contributed by atoms with Gasteiger partial charge in [-0.05, 0) is 19.9 Å². The van der Waals surface area contributed by atoms with Crippen molar-refractivity contribution in [3.8, 4) is 0 Å². The number of nitrogens with one attached hydrogen (secondary N) is 1. The van der Waals surface area contributed by atoms with E-state index in [1.54, 1.807) is 6.92 Å². The number of hydrogen-bond donors (Lipinski definition) is 2. The second kappa shape index (κ2) is 5.71. The van der Waals surface area contributed by atoms with Crippen LogP contribution in [0.5, 0.6) is 0 Å². The van der Waals surface area contributed by atoms with Crippen LogP contribution in [-0.2, 0) is 0 Å². The van der Waals surface area contributed by atoms with Gasteiger partial charge in [-0.3, -0.25) is 0 Å². The summed E-state index contributed by atoms with van der Waals surface area (Å²) in [5.41, 5.74) is 0. The molecule has 0 fully saturated rings. The van der Waals surface area contributed by atoms with Gasteiger partial charge in [0.2, 0.25) is 0 Å². The Labute approximate surface area is 66.9 Å². The van der Waals surface area contributed by atoms with Crippen LogP contribution in [0.4, 0.5) is 0 Å². The van der Waals surface area contributed by atoms with Gasteiger partial charge in [-0.1, -0.05) is 18.2 Å². The number of hydrogen-bond acceptors (Lipinski definition) is 2. The van der Waals surface area contributed by atoms with Gasteiger partial charge in [-0.25, -0.2) is 0 Å². The molecule has 1 atom stereocenters. The average Bonchev–Trinajstić information content (AvgIpc) is 1.79. The molecule has 0 bridgehead atoms. The normalized spacial score (nSPS) is 13.1. The number of aliphatic hydroxyl groups is 1. The Hall–Kier alpha value is -0.0500. The summed E-state index contributed by atoms with van der Waals surface area (Å²) in [4.78, 5) is 0. The molecule has 0 aliphatic carbocycles. The SMILES string of the molecule is C=C(Cl)CNCCC(C)O. The lowest BCUT2D eigenvalue weighted by atomic mass is 10.3. The van der Waals surface area contributed by atoms with Crippen molar-refractivity contribution in [3.63, 3.8) is 0 Å². The Morgan fingerprint density at radius 1 is 1.80 bits per heavy atom. The summed E-state index contributed by atoms with van der Waals surface area (Å²) < 4.78 is 0. The highest BCUT2D eigenvalue weighted by Gasteiger charge is 1.93. The van der Waals surface area contributed by atoms with Crippen molar-refractivity contribution in [3.05, 3.63) is 11.6 Å². The van der Waals surface area contributed by atoms with Gasteiger partial charge in [-0.15, -0.1) is 0 Å². The van der Waals surface area contributed by atoms with E-state index >= 15 is 0 Å². The van der Waals surface area contributed by atoms with Gasteiger partial charge in [0, 0.05) is 11.6 Å². The summed E-state index contributed by atoms with van der Waals surface area (Å²) in [5, 5.41) is 12.4. The fraction of sp³-hybridized carbons (Fsp3) is 0.714. The topological polar surface area (TPSA) is 32.3 Å². The summed E-state index contributed by atoms with van der Waals surface area (Å²) in [7, 11) is 0. The van der Waals surface area contributed by atoms with Crippen LogP contribution in [0.1, 0.15) is 13.3 Å². The lowest BCUT2D eigenvalue weighted by Gasteiger charge is -2.04. The van der Waals surface area contributed by atoms with Crippen molar-refractivity contribution in [1.82, 2.24) is 5.32 Å². The lowest BCUT2D eigenvalue weighted by Crippen LogP contribution is -2.20. The maximum absolute atomic E-state index is 8.82. The van der Waals surface area contributed by atoms with E-state index in [4.69, 9.17) is 16.7 Å². The first-order valence-corrected chi connectivity index (χ1v) is 3.72. The molecule has 60 valence electrons. The third-order valence-electron chi connectivity index (χ3n) is 1.06. The molecule has 2 N–H and O–H groups in total. The molecular weight excluding hydrogens is 150 g/mol. The van der Waals surface area contributed by atoms with Crippen molar-refractivity contribution in [2.24, 2.45) is 0 Å². The number of aliphatic hydroxyl groups excluding tert-OH is 1. The Morgan fingerprint density at radius 3 is 2.80 bits per heavy atom. The van der Waals surface area contributed by atoms with E-state index in [-0.39, 0.29) is 6.10 Å². The zero-order valence-electron chi connectivity index (χ0n) is 6.23. The predicted octanol–water partition coefficient (Wildman–Crippen LogP) is 1.10. The zero-order chi connectivity index (χ0) is 7.98. The summed E-state index contributed by atoms with van der Waals surface area (Å²) in [6.45, 7) is 6.67. The first kappa shape index (κ1) is 9.95. The van der Waals surface area contributed by atoms with Gasteiger partial charge < -0.3 is 10.4 Å². The van der Waals surface area contributed by atoms with Gasteiger partial charge in [0.05, 0.1) is 6.10 Å². The molecule has 0 radical (unpaired) electrons. The van der Waals surface area contributed by atoms with Crippen LogP contribution in [0.3, 0.4) is 0 Å². The average molecular weight is 164 g/mol. The molecule has 0 spiro atoms. The highest BCUT2D eigenvalue weighted by molar-refractivity contribution is 6.29. The van der Waals surface area contributed by atoms with Crippen LogP contribution in [-0.4, -0.2) is 24.3 Å². The van der Waals surface area contributed by atoms with Crippen LogP contribution in [0.15, 0.2) is 11.6 Å². The molecule has 0 saturated carbocycles.